The molecule has 1 aromatic rings. The number of fused-ring (bicyclic) bond motifs is 1. The van der Waals surface area contributed by atoms with Crippen molar-refractivity contribution in [2.75, 3.05) is 71.4 Å². The SMILES string of the molecule is CCN=CC(=NC(=O)c1ccc(N2CC3(C)C=C(OCCN(C)C)C=CCC3C2=O)s1)C(C)N1CCNCC1. The van der Waals surface area contributed by atoms with Crippen molar-refractivity contribution < 1.29 is 14.3 Å². The number of anilines is 1. The van der Waals surface area contributed by atoms with Crippen LogP contribution in [-0.4, -0.2) is 106 Å². The first-order valence-corrected chi connectivity index (χ1v) is 14.7. The summed E-state index contributed by atoms with van der Waals surface area (Å²) in [6.07, 6.45) is 8.52. The van der Waals surface area contributed by atoms with E-state index in [2.05, 4.69) is 45.0 Å². The van der Waals surface area contributed by atoms with E-state index in [0.29, 0.717) is 36.7 Å². The van der Waals surface area contributed by atoms with Crippen molar-refractivity contribution in [2.24, 2.45) is 21.3 Å². The summed E-state index contributed by atoms with van der Waals surface area (Å²) in [4.78, 5) is 42.4. The molecule has 2 saturated heterocycles. The van der Waals surface area contributed by atoms with Gasteiger partial charge in [-0.25, -0.2) is 4.99 Å². The highest BCUT2D eigenvalue weighted by Crippen LogP contribution is 2.45. The Labute approximate surface area is 236 Å². The van der Waals surface area contributed by atoms with Gasteiger partial charge in [-0.15, -0.1) is 11.3 Å². The van der Waals surface area contributed by atoms with Crippen molar-refractivity contribution in [3.8, 4) is 0 Å². The molecule has 3 unspecified atom stereocenters. The summed E-state index contributed by atoms with van der Waals surface area (Å²) in [5.74, 6) is 0.435. The van der Waals surface area contributed by atoms with Crippen LogP contribution >= 0.6 is 11.3 Å². The molecule has 2 amide bonds. The number of aliphatic imine (C=N–C) groups is 2. The first-order valence-electron chi connectivity index (χ1n) is 13.9. The Balaban J connectivity index is 1.50. The lowest BCUT2D eigenvalue weighted by atomic mass is 9.78. The van der Waals surface area contributed by atoms with E-state index in [1.54, 1.807) is 12.3 Å². The molecule has 0 bridgehead atoms. The van der Waals surface area contributed by atoms with E-state index < -0.39 is 0 Å². The number of thiophene rings is 1. The number of hydrogen-bond donors (Lipinski definition) is 1. The number of amides is 2. The van der Waals surface area contributed by atoms with E-state index >= 15 is 0 Å². The van der Waals surface area contributed by atoms with Crippen LogP contribution in [0, 0.1) is 11.3 Å². The maximum absolute atomic E-state index is 13.5. The van der Waals surface area contributed by atoms with Crippen LogP contribution in [0.3, 0.4) is 0 Å². The van der Waals surface area contributed by atoms with Crippen molar-refractivity contribution in [1.29, 1.82) is 0 Å². The summed E-state index contributed by atoms with van der Waals surface area (Å²) in [6.45, 7) is 12.4. The molecule has 1 aromatic heterocycles. The van der Waals surface area contributed by atoms with Crippen molar-refractivity contribution in [2.45, 2.75) is 33.2 Å². The van der Waals surface area contributed by atoms with Crippen molar-refractivity contribution in [3.63, 3.8) is 0 Å². The fourth-order valence-electron chi connectivity index (χ4n) is 5.26. The molecule has 1 N–H and O–H groups in total. The van der Waals surface area contributed by atoms with E-state index in [9.17, 15) is 9.59 Å². The van der Waals surface area contributed by atoms with Gasteiger partial charge in [0.2, 0.25) is 5.91 Å². The molecule has 0 saturated carbocycles. The minimum absolute atomic E-state index is 0.00747. The van der Waals surface area contributed by atoms with Gasteiger partial charge in [0.1, 0.15) is 12.4 Å². The van der Waals surface area contributed by atoms with E-state index in [0.717, 1.165) is 43.5 Å². The highest BCUT2D eigenvalue weighted by Gasteiger charge is 2.49. The monoisotopic (exact) mass is 554 g/mol. The first kappa shape index (κ1) is 29.3. The zero-order chi connectivity index (χ0) is 28.0. The lowest BCUT2D eigenvalue weighted by molar-refractivity contribution is -0.121. The summed E-state index contributed by atoms with van der Waals surface area (Å²) in [5.41, 5.74) is 0.313. The van der Waals surface area contributed by atoms with Crippen LogP contribution < -0.4 is 10.2 Å². The van der Waals surface area contributed by atoms with Gasteiger partial charge in [0, 0.05) is 57.4 Å². The minimum atomic E-state index is -0.358. The molecule has 2 fully saturated rings. The molecule has 0 radical (unpaired) electrons. The number of ether oxygens (including phenoxy) is 1. The van der Waals surface area contributed by atoms with Gasteiger partial charge in [0.05, 0.1) is 27.5 Å². The number of nitrogens with one attached hydrogen (secondary N) is 1. The molecular formula is C29H42N6O3S. The Morgan fingerprint density at radius 1 is 1.33 bits per heavy atom. The number of likely N-dealkylation sites (N-methyl/N-ethyl adjacent to an activating group) is 1. The van der Waals surface area contributed by atoms with Gasteiger partial charge in [0.15, 0.2) is 0 Å². The average molecular weight is 555 g/mol. The van der Waals surface area contributed by atoms with Crippen molar-refractivity contribution >= 4 is 40.1 Å². The smallest absolute Gasteiger partial charge is 0.287 e. The molecular weight excluding hydrogens is 512 g/mol. The summed E-state index contributed by atoms with van der Waals surface area (Å²) in [7, 11) is 4.03. The van der Waals surface area contributed by atoms with Gasteiger partial charge in [0.25, 0.3) is 5.91 Å². The molecule has 3 atom stereocenters. The molecule has 0 aromatic carbocycles. The average Bonchev–Trinajstić information content (AvgIpc) is 3.45. The lowest BCUT2D eigenvalue weighted by Crippen LogP contribution is -2.50. The Bertz CT molecular complexity index is 1150. The third-order valence-electron chi connectivity index (χ3n) is 7.62. The number of hydrogen-bond acceptors (Lipinski definition) is 8. The number of piperazine rings is 1. The van der Waals surface area contributed by atoms with Gasteiger partial charge < -0.3 is 19.9 Å². The number of carbonyl (C=O) groups is 2. The summed E-state index contributed by atoms with van der Waals surface area (Å²) in [6, 6.07) is 3.64. The van der Waals surface area contributed by atoms with Crippen LogP contribution in [0.25, 0.3) is 0 Å². The number of allylic oxidation sites excluding steroid dienone is 2. The van der Waals surface area contributed by atoms with Crippen LogP contribution in [0.15, 0.2) is 46.1 Å². The maximum Gasteiger partial charge on any atom is 0.287 e. The molecule has 0 spiro atoms. The largest absolute Gasteiger partial charge is 0.493 e. The second-order valence-corrected chi connectivity index (χ2v) is 12.0. The van der Waals surface area contributed by atoms with Gasteiger partial charge in [-0.3, -0.25) is 19.5 Å². The highest BCUT2D eigenvalue weighted by molar-refractivity contribution is 7.18. The first-order chi connectivity index (χ1) is 18.7. The van der Waals surface area contributed by atoms with Crippen LogP contribution in [0.2, 0.25) is 0 Å². The van der Waals surface area contributed by atoms with E-state index in [1.807, 2.05) is 44.1 Å². The maximum atomic E-state index is 13.5. The van der Waals surface area contributed by atoms with Crippen molar-refractivity contribution in [3.05, 3.63) is 41.0 Å². The number of carbonyl (C=O) groups excluding carboxylic acids is 2. The normalized spacial score (nSPS) is 25.2. The minimum Gasteiger partial charge on any atom is -0.493 e. The predicted molar refractivity (Wildman–Crippen MR) is 159 cm³/mol. The third kappa shape index (κ3) is 7.11. The Morgan fingerprint density at radius 3 is 2.82 bits per heavy atom. The van der Waals surface area contributed by atoms with Crippen LogP contribution in [0.1, 0.15) is 36.9 Å². The topological polar surface area (TPSA) is 89.8 Å². The standard InChI is InChI=1S/C29H42N6O3S/c1-6-30-19-24(21(2)34-14-12-31-13-15-34)32-27(36)25-10-11-26(39-25)35-20-29(3)18-22(38-17-16-33(4)5)8-7-9-23(29)28(35)37/h7-8,10-11,18-19,21,23,31H,6,9,12-17,20H2,1-5H3. The van der Waals surface area contributed by atoms with Gasteiger partial charge >= 0.3 is 0 Å². The van der Waals surface area contributed by atoms with Crippen LogP contribution in [-0.2, 0) is 9.53 Å². The van der Waals surface area contributed by atoms with Gasteiger partial charge in [-0.1, -0.05) is 13.0 Å². The molecule has 212 valence electrons. The lowest BCUT2D eigenvalue weighted by Gasteiger charge is -2.32. The van der Waals surface area contributed by atoms with E-state index in [1.165, 1.54) is 11.3 Å². The molecule has 39 heavy (non-hydrogen) atoms. The fourth-order valence-corrected chi connectivity index (χ4v) is 6.16. The van der Waals surface area contributed by atoms with Gasteiger partial charge in [-0.2, -0.15) is 0 Å². The van der Waals surface area contributed by atoms with Crippen LogP contribution in [0.5, 0.6) is 0 Å². The summed E-state index contributed by atoms with van der Waals surface area (Å²) >= 11 is 1.33. The Hall–Kier alpha value is -2.66. The predicted octanol–water partition coefficient (Wildman–Crippen LogP) is 3.10. The number of nitrogens with zero attached hydrogens (tertiary/aromatic N) is 5. The molecule has 3 aliphatic rings. The van der Waals surface area contributed by atoms with Crippen molar-refractivity contribution in [1.82, 2.24) is 15.1 Å². The molecule has 1 aliphatic carbocycles. The Kier molecular flexibility index (Phi) is 9.87. The second kappa shape index (κ2) is 13.1. The highest BCUT2D eigenvalue weighted by atomic mass is 32.1. The zero-order valence-electron chi connectivity index (χ0n) is 23.9. The van der Waals surface area contributed by atoms with Crippen LogP contribution in [0.4, 0.5) is 5.00 Å². The zero-order valence-corrected chi connectivity index (χ0v) is 24.7. The molecule has 2 aliphatic heterocycles. The molecule has 9 nitrogen and oxygen atoms in total. The molecule has 3 heterocycles. The van der Waals surface area contributed by atoms with E-state index in [4.69, 9.17) is 4.74 Å². The second-order valence-electron chi connectivity index (χ2n) is 10.9. The van der Waals surface area contributed by atoms with E-state index in [-0.39, 0.29) is 29.2 Å². The third-order valence-corrected chi connectivity index (χ3v) is 8.72. The Morgan fingerprint density at radius 2 is 2.10 bits per heavy atom. The summed E-state index contributed by atoms with van der Waals surface area (Å²) < 4.78 is 6.02. The van der Waals surface area contributed by atoms with Gasteiger partial charge in [-0.05, 0) is 58.6 Å². The fraction of sp³-hybridized carbons (Fsp3) is 0.586. The number of rotatable bonds is 10. The molecule has 10 heteroatoms. The quantitative estimate of drug-likeness (QED) is 0.447. The summed E-state index contributed by atoms with van der Waals surface area (Å²) in [5, 5.41) is 4.14. The molecule has 4 rings (SSSR count).